The Labute approximate surface area is 167 Å². The third-order valence-electron chi connectivity index (χ3n) is 4.23. The molecule has 0 radical (unpaired) electrons. The van der Waals surface area contributed by atoms with Gasteiger partial charge in [0, 0.05) is 26.6 Å². The molecule has 1 amide bonds. The van der Waals surface area contributed by atoms with Crippen molar-refractivity contribution in [2.24, 2.45) is 0 Å². The molecule has 0 aliphatic rings. The predicted octanol–water partition coefficient (Wildman–Crippen LogP) is 4.60. The lowest BCUT2D eigenvalue weighted by molar-refractivity contribution is 0.0278. The van der Waals surface area contributed by atoms with Gasteiger partial charge in [-0.25, -0.2) is 4.79 Å². The van der Waals surface area contributed by atoms with Gasteiger partial charge in [0.15, 0.2) is 0 Å². The first-order chi connectivity index (χ1) is 13.3. The maximum absolute atomic E-state index is 12.2. The summed E-state index contributed by atoms with van der Waals surface area (Å²) in [6.45, 7) is 6.13. The van der Waals surface area contributed by atoms with Crippen LogP contribution in [0.4, 0.5) is 4.79 Å². The van der Waals surface area contributed by atoms with Gasteiger partial charge in [-0.3, -0.25) is 0 Å². The maximum atomic E-state index is 12.2. The van der Waals surface area contributed by atoms with E-state index < -0.39 is 5.60 Å². The number of rotatable bonds is 8. The van der Waals surface area contributed by atoms with Gasteiger partial charge in [0.05, 0.1) is 0 Å². The normalized spacial score (nSPS) is 12.3. The van der Waals surface area contributed by atoms with Crippen molar-refractivity contribution in [2.45, 2.75) is 45.3 Å². The Bertz CT molecular complexity index is 740. The molecule has 5 nitrogen and oxygen atoms in total. The van der Waals surface area contributed by atoms with Crippen LogP contribution in [0.25, 0.3) is 0 Å². The van der Waals surface area contributed by atoms with Crippen LogP contribution in [-0.4, -0.2) is 41.9 Å². The second kappa shape index (κ2) is 10.1. The van der Waals surface area contributed by atoms with Gasteiger partial charge >= 0.3 is 6.09 Å². The second-order valence-corrected chi connectivity index (χ2v) is 7.79. The summed E-state index contributed by atoms with van der Waals surface area (Å²) in [5.41, 5.74) is 1.48. The van der Waals surface area contributed by atoms with Gasteiger partial charge in [0.1, 0.15) is 17.5 Å². The number of para-hydroxylation sites is 1. The minimum atomic E-state index is -0.524. The molecule has 0 heterocycles. The Hall–Kier alpha value is -2.53. The van der Waals surface area contributed by atoms with Gasteiger partial charge in [-0.1, -0.05) is 48.5 Å². The molecule has 2 rings (SSSR count). The molecule has 2 aromatic rings. The topological polar surface area (TPSA) is 59.0 Å². The molecule has 0 spiro atoms. The van der Waals surface area contributed by atoms with Crippen molar-refractivity contribution in [3.63, 3.8) is 0 Å². The molecule has 0 fully saturated rings. The summed E-state index contributed by atoms with van der Waals surface area (Å²) in [6, 6.07) is 17.7. The van der Waals surface area contributed by atoms with E-state index in [1.807, 2.05) is 75.4 Å². The summed E-state index contributed by atoms with van der Waals surface area (Å²) in [4.78, 5) is 13.8. The fraction of sp³-hybridized carbons (Fsp3) is 0.435. The predicted molar refractivity (Wildman–Crippen MR) is 111 cm³/mol. The van der Waals surface area contributed by atoms with E-state index in [2.05, 4.69) is 0 Å². The molecule has 0 saturated heterocycles. The molecule has 0 bridgehead atoms. The van der Waals surface area contributed by atoms with Gasteiger partial charge in [0.25, 0.3) is 0 Å². The van der Waals surface area contributed by atoms with E-state index in [4.69, 9.17) is 9.47 Å². The van der Waals surface area contributed by atoms with E-state index in [0.717, 1.165) is 16.9 Å². The van der Waals surface area contributed by atoms with E-state index in [1.165, 1.54) is 0 Å². The number of aliphatic hydroxyl groups is 1. The highest BCUT2D eigenvalue weighted by atomic mass is 16.6. The molecular weight excluding hydrogens is 354 g/mol. The highest BCUT2D eigenvalue weighted by molar-refractivity contribution is 5.67. The zero-order valence-electron chi connectivity index (χ0n) is 17.2. The lowest BCUT2D eigenvalue weighted by Crippen LogP contribution is -2.35. The number of hydrogen-bond donors (Lipinski definition) is 1. The number of hydrogen-bond acceptors (Lipinski definition) is 4. The lowest BCUT2D eigenvalue weighted by Gasteiger charge is -2.27. The minimum Gasteiger partial charge on any atom is -0.485 e. The molecular formula is C23H31NO4. The number of benzene rings is 2. The number of ether oxygens (including phenoxy) is 2. The van der Waals surface area contributed by atoms with E-state index in [9.17, 15) is 9.90 Å². The number of amides is 1. The Morgan fingerprint density at radius 1 is 1.07 bits per heavy atom. The van der Waals surface area contributed by atoms with Crippen LogP contribution in [0, 0.1) is 0 Å². The summed E-state index contributed by atoms with van der Waals surface area (Å²) in [5, 5.41) is 9.31. The van der Waals surface area contributed by atoms with Crippen LogP contribution in [0.2, 0.25) is 0 Å². The standard InChI is InChI=1S/C23H31NO4/c1-23(2,3)28-22(26)24(4)16-14-21(18-10-6-5-7-11-18)27-20-13-9-8-12-19(20)15-17-25/h5-13,21,25H,14-17H2,1-4H3. The van der Waals surface area contributed by atoms with Crippen molar-refractivity contribution in [3.05, 3.63) is 65.7 Å². The van der Waals surface area contributed by atoms with Gasteiger partial charge in [0.2, 0.25) is 0 Å². The average Bonchev–Trinajstić information content (AvgIpc) is 2.65. The highest BCUT2D eigenvalue weighted by Gasteiger charge is 2.22. The SMILES string of the molecule is CN(CCC(Oc1ccccc1CCO)c1ccccc1)C(=O)OC(C)(C)C. The van der Waals surface area contributed by atoms with Gasteiger partial charge < -0.3 is 19.5 Å². The zero-order chi connectivity index (χ0) is 20.6. The Morgan fingerprint density at radius 2 is 1.71 bits per heavy atom. The monoisotopic (exact) mass is 385 g/mol. The Kier molecular flexibility index (Phi) is 7.88. The fourth-order valence-electron chi connectivity index (χ4n) is 2.80. The van der Waals surface area contributed by atoms with Gasteiger partial charge in [-0.05, 0) is 44.4 Å². The lowest BCUT2D eigenvalue weighted by atomic mass is 10.1. The zero-order valence-corrected chi connectivity index (χ0v) is 17.2. The average molecular weight is 386 g/mol. The molecule has 5 heteroatoms. The van der Waals surface area contributed by atoms with E-state index >= 15 is 0 Å². The number of nitrogens with zero attached hydrogens (tertiary/aromatic N) is 1. The number of carbonyl (C=O) groups excluding carboxylic acids is 1. The largest absolute Gasteiger partial charge is 0.485 e. The molecule has 2 aromatic carbocycles. The Morgan fingerprint density at radius 3 is 2.36 bits per heavy atom. The number of aliphatic hydroxyl groups excluding tert-OH is 1. The first-order valence-corrected chi connectivity index (χ1v) is 9.64. The first-order valence-electron chi connectivity index (χ1n) is 9.64. The second-order valence-electron chi connectivity index (χ2n) is 7.79. The molecule has 0 aromatic heterocycles. The molecule has 0 aliphatic heterocycles. The molecule has 1 unspecified atom stereocenters. The van der Waals surface area contributed by atoms with Crippen molar-refractivity contribution in [1.82, 2.24) is 4.90 Å². The summed E-state index contributed by atoms with van der Waals surface area (Å²) in [5.74, 6) is 0.755. The summed E-state index contributed by atoms with van der Waals surface area (Å²) in [7, 11) is 1.73. The first kappa shape index (κ1) is 21.8. The third-order valence-corrected chi connectivity index (χ3v) is 4.23. The van der Waals surface area contributed by atoms with Crippen molar-refractivity contribution in [3.8, 4) is 5.75 Å². The third kappa shape index (κ3) is 6.89. The van der Waals surface area contributed by atoms with Crippen LogP contribution >= 0.6 is 0 Å². The molecule has 0 aliphatic carbocycles. The fourth-order valence-corrected chi connectivity index (χ4v) is 2.80. The van der Waals surface area contributed by atoms with Gasteiger partial charge in [-0.15, -0.1) is 0 Å². The van der Waals surface area contributed by atoms with E-state index in [0.29, 0.717) is 19.4 Å². The van der Waals surface area contributed by atoms with Crippen LogP contribution in [0.3, 0.4) is 0 Å². The quantitative estimate of drug-likeness (QED) is 0.721. The summed E-state index contributed by atoms with van der Waals surface area (Å²) >= 11 is 0. The molecule has 28 heavy (non-hydrogen) atoms. The van der Waals surface area contributed by atoms with Crippen molar-refractivity contribution >= 4 is 6.09 Å². The smallest absolute Gasteiger partial charge is 0.410 e. The van der Waals surface area contributed by atoms with Crippen LogP contribution in [-0.2, 0) is 11.2 Å². The minimum absolute atomic E-state index is 0.0672. The summed E-state index contributed by atoms with van der Waals surface area (Å²) < 4.78 is 11.8. The van der Waals surface area contributed by atoms with E-state index in [-0.39, 0.29) is 18.8 Å². The Balaban J connectivity index is 2.12. The van der Waals surface area contributed by atoms with Gasteiger partial charge in [-0.2, -0.15) is 0 Å². The van der Waals surface area contributed by atoms with Crippen LogP contribution in [0.15, 0.2) is 54.6 Å². The van der Waals surface area contributed by atoms with Crippen molar-refractivity contribution < 1.29 is 19.4 Å². The van der Waals surface area contributed by atoms with Crippen LogP contribution in [0.5, 0.6) is 5.75 Å². The van der Waals surface area contributed by atoms with Crippen molar-refractivity contribution in [1.29, 1.82) is 0 Å². The molecule has 1 atom stereocenters. The molecule has 0 saturated carbocycles. The van der Waals surface area contributed by atoms with Crippen LogP contribution in [0.1, 0.15) is 44.4 Å². The van der Waals surface area contributed by atoms with E-state index in [1.54, 1.807) is 11.9 Å². The molecule has 1 N–H and O–H groups in total. The highest BCUT2D eigenvalue weighted by Crippen LogP contribution is 2.28. The number of carbonyl (C=O) groups is 1. The molecule has 152 valence electrons. The van der Waals surface area contributed by atoms with Crippen molar-refractivity contribution in [2.75, 3.05) is 20.2 Å². The summed E-state index contributed by atoms with van der Waals surface area (Å²) in [6.07, 6.45) is 0.592. The maximum Gasteiger partial charge on any atom is 0.410 e. The van der Waals surface area contributed by atoms with Crippen LogP contribution < -0.4 is 4.74 Å².